The van der Waals surface area contributed by atoms with Gasteiger partial charge in [0.15, 0.2) is 4.90 Å². The van der Waals surface area contributed by atoms with E-state index in [4.69, 9.17) is 0 Å². The van der Waals surface area contributed by atoms with Crippen LogP contribution in [0.25, 0.3) is 0 Å². The van der Waals surface area contributed by atoms with Crippen molar-refractivity contribution in [1.82, 2.24) is 4.72 Å². The molecule has 0 aliphatic heterocycles. The number of rotatable bonds is 6. The van der Waals surface area contributed by atoms with Gasteiger partial charge in [0, 0.05) is 6.54 Å². The van der Waals surface area contributed by atoms with E-state index in [1.165, 1.54) is 0 Å². The van der Waals surface area contributed by atoms with Gasteiger partial charge < -0.3 is 5.11 Å². The summed E-state index contributed by atoms with van der Waals surface area (Å²) in [5.74, 6) is -2.28. The summed E-state index contributed by atoms with van der Waals surface area (Å²) in [5.41, 5.74) is 0. The van der Waals surface area contributed by atoms with Crippen LogP contribution in [0.2, 0.25) is 0 Å². The van der Waals surface area contributed by atoms with Gasteiger partial charge in [-0.3, -0.25) is 0 Å². The zero-order chi connectivity index (χ0) is 13.8. The summed E-state index contributed by atoms with van der Waals surface area (Å²) >= 11 is 0. The topological polar surface area (TPSA) is 66.4 Å². The quantitative estimate of drug-likeness (QED) is 0.827. The summed E-state index contributed by atoms with van der Waals surface area (Å²) in [4.78, 5) is -0.990. The van der Waals surface area contributed by atoms with E-state index in [0.29, 0.717) is 6.42 Å². The number of hydrogen-bond donors (Lipinski definition) is 2. The minimum Gasteiger partial charge on any atom is -0.393 e. The van der Waals surface area contributed by atoms with Crippen molar-refractivity contribution < 1.29 is 22.3 Å². The lowest BCUT2D eigenvalue weighted by atomic mass is 10.2. The first-order valence-corrected chi connectivity index (χ1v) is 6.98. The third kappa shape index (κ3) is 3.72. The normalized spacial score (nSPS) is 13.6. The molecule has 1 aromatic rings. The Morgan fingerprint density at radius 2 is 1.89 bits per heavy atom. The van der Waals surface area contributed by atoms with Crippen molar-refractivity contribution in [2.45, 2.75) is 30.8 Å². The second-order valence-corrected chi connectivity index (χ2v) is 5.50. The van der Waals surface area contributed by atoms with Crippen LogP contribution in [0.4, 0.5) is 8.78 Å². The minimum absolute atomic E-state index is 0.0783. The number of aliphatic hydroxyl groups excluding tert-OH is 1. The second kappa shape index (κ2) is 6.21. The van der Waals surface area contributed by atoms with Crippen molar-refractivity contribution in [2.24, 2.45) is 0 Å². The summed E-state index contributed by atoms with van der Waals surface area (Å²) in [7, 11) is -4.24. The Morgan fingerprint density at radius 3 is 2.39 bits per heavy atom. The fourth-order valence-electron chi connectivity index (χ4n) is 1.38. The molecule has 18 heavy (non-hydrogen) atoms. The lowest BCUT2D eigenvalue weighted by molar-refractivity contribution is 0.162. The first kappa shape index (κ1) is 15.0. The summed E-state index contributed by atoms with van der Waals surface area (Å²) in [6.45, 7) is 1.67. The molecular formula is C11H15F2NO3S. The van der Waals surface area contributed by atoms with E-state index >= 15 is 0 Å². The van der Waals surface area contributed by atoms with Crippen LogP contribution in [-0.4, -0.2) is 26.2 Å². The van der Waals surface area contributed by atoms with E-state index in [1.807, 2.05) is 0 Å². The van der Waals surface area contributed by atoms with Gasteiger partial charge in [0.25, 0.3) is 0 Å². The SMILES string of the molecule is CCC(O)CCNS(=O)(=O)c1c(F)cccc1F. The molecular weight excluding hydrogens is 264 g/mol. The molecule has 0 spiro atoms. The minimum atomic E-state index is -4.24. The first-order valence-electron chi connectivity index (χ1n) is 5.50. The molecule has 102 valence electrons. The smallest absolute Gasteiger partial charge is 0.246 e. The molecule has 0 amide bonds. The molecule has 0 radical (unpaired) electrons. The summed E-state index contributed by atoms with van der Waals surface area (Å²) in [6, 6.07) is 2.83. The first-order chi connectivity index (χ1) is 8.38. The molecule has 1 aromatic carbocycles. The number of nitrogens with one attached hydrogen (secondary N) is 1. The number of benzene rings is 1. The van der Waals surface area contributed by atoms with E-state index < -0.39 is 32.7 Å². The van der Waals surface area contributed by atoms with Crippen molar-refractivity contribution in [3.8, 4) is 0 Å². The van der Waals surface area contributed by atoms with Crippen LogP contribution in [0.1, 0.15) is 19.8 Å². The van der Waals surface area contributed by atoms with Crippen molar-refractivity contribution in [1.29, 1.82) is 0 Å². The van der Waals surface area contributed by atoms with Gasteiger partial charge >= 0.3 is 0 Å². The molecule has 0 fully saturated rings. The average Bonchev–Trinajstić information content (AvgIpc) is 2.27. The Kier molecular flexibility index (Phi) is 5.18. The van der Waals surface area contributed by atoms with Crippen LogP contribution in [0, 0.1) is 11.6 Å². The molecule has 1 unspecified atom stereocenters. The van der Waals surface area contributed by atoms with E-state index in [1.54, 1.807) is 6.92 Å². The summed E-state index contributed by atoms with van der Waals surface area (Å²) < 4.78 is 52.0. The number of hydrogen-bond acceptors (Lipinski definition) is 3. The van der Waals surface area contributed by atoms with Gasteiger partial charge in [-0.15, -0.1) is 0 Å². The van der Waals surface area contributed by atoms with Gasteiger partial charge in [-0.25, -0.2) is 21.9 Å². The van der Waals surface area contributed by atoms with E-state index in [-0.39, 0.29) is 13.0 Å². The van der Waals surface area contributed by atoms with Crippen molar-refractivity contribution in [3.05, 3.63) is 29.8 Å². The van der Waals surface area contributed by atoms with E-state index in [9.17, 15) is 22.3 Å². The van der Waals surface area contributed by atoms with Crippen LogP contribution in [0.3, 0.4) is 0 Å². The number of sulfonamides is 1. The highest BCUT2D eigenvalue weighted by Gasteiger charge is 2.23. The van der Waals surface area contributed by atoms with Crippen molar-refractivity contribution >= 4 is 10.0 Å². The van der Waals surface area contributed by atoms with Gasteiger partial charge in [0.2, 0.25) is 10.0 Å². The third-order valence-corrected chi connectivity index (χ3v) is 3.94. The molecule has 0 saturated heterocycles. The summed E-state index contributed by atoms with van der Waals surface area (Å²) in [6.07, 6.45) is 0.0277. The van der Waals surface area contributed by atoms with Crippen LogP contribution in [0.5, 0.6) is 0 Å². The van der Waals surface area contributed by atoms with Gasteiger partial charge in [-0.2, -0.15) is 0 Å². The highest BCUT2D eigenvalue weighted by atomic mass is 32.2. The van der Waals surface area contributed by atoms with Crippen LogP contribution in [0.15, 0.2) is 23.1 Å². The molecule has 2 N–H and O–H groups in total. The molecule has 0 heterocycles. The van der Waals surface area contributed by atoms with Crippen molar-refractivity contribution in [3.63, 3.8) is 0 Å². The Balaban J connectivity index is 2.81. The maximum atomic E-state index is 13.3. The Labute approximate surface area is 105 Å². The number of aliphatic hydroxyl groups is 1. The molecule has 0 saturated carbocycles. The van der Waals surface area contributed by atoms with E-state index in [2.05, 4.69) is 4.72 Å². The highest BCUT2D eigenvalue weighted by molar-refractivity contribution is 7.89. The molecule has 0 aliphatic carbocycles. The molecule has 0 aliphatic rings. The monoisotopic (exact) mass is 279 g/mol. The van der Waals surface area contributed by atoms with Crippen LogP contribution >= 0.6 is 0 Å². The lowest BCUT2D eigenvalue weighted by Gasteiger charge is -2.10. The van der Waals surface area contributed by atoms with Crippen molar-refractivity contribution in [2.75, 3.05) is 6.54 Å². The Bertz CT molecular complexity index is 485. The van der Waals surface area contributed by atoms with Gasteiger partial charge in [0.05, 0.1) is 6.10 Å². The van der Waals surface area contributed by atoms with Gasteiger partial charge in [-0.1, -0.05) is 13.0 Å². The molecule has 0 bridgehead atoms. The Morgan fingerprint density at radius 1 is 1.33 bits per heavy atom. The van der Waals surface area contributed by atoms with Gasteiger partial charge in [-0.05, 0) is 25.0 Å². The van der Waals surface area contributed by atoms with Crippen LogP contribution < -0.4 is 4.72 Å². The molecule has 7 heteroatoms. The molecule has 1 rings (SSSR count). The number of halogens is 2. The maximum Gasteiger partial charge on any atom is 0.246 e. The predicted octanol–water partition coefficient (Wildman–Crippen LogP) is 1.40. The predicted molar refractivity (Wildman–Crippen MR) is 62.5 cm³/mol. The third-order valence-electron chi connectivity index (χ3n) is 2.43. The fourth-order valence-corrected chi connectivity index (χ4v) is 2.56. The zero-order valence-electron chi connectivity index (χ0n) is 9.86. The maximum absolute atomic E-state index is 13.3. The molecule has 0 aromatic heterocycles. The Hall–Kier alpha value is -1.05. The average molecular weight is 279 g/mol. The molecule has 1 atom stereocenters. The molecule has 4 nitrogen and oxygen atoms in total. The van der Waals surface area contributed by atoms with E-state index in [0.717, 1.165) is 18.2 Å². The van der Waals surface area contributed by atoms with Gasteiger partial charge in [0.1, 0.15) is 11.6 Å². The summed E-state index contributed by atoms with van der Waals surface area (Å²) in [5, 5.41) is 9.25. The lowest BCUT2D eigenvalue weighted by Crippen LogP contribution is -2.28. The fraction of sp³-hybridized carbons (Fsp3) is 0.455. The highest BCUT2D eigenvalue weighted by Crippen LogP contribution is 2.17. The zero-order valence-corrected chi connectivity index (χ0v) is 10.7. The largest absolute Gasteiger partial charge is 0.393 e. The standard InChI is InChI=1S/C11H15F2NO3S/c1-2-8(15)6-7-14-18(16,17)11-9(12)4-3-5-10(11)13/h3-5,8,14-15H,2,6-7H2,1H3. The second-order valence-electron chi connectivity index (χ2n) is 3.80. The van der Waals surface area contributed by atoms with Crippen LogP contribution in [-0.2, 0) is 10.0 Å².